The Labute approximate surface area is 62.6 Å². The lowest BCUT2D eigenvalue weighted by molar-refractivity contribution is 0.0444. The molecule has 0 saturated heterocycles. The van der Waals surface area contributed by atoms with E-state index in [9.17, 15) is 9.59 Å². The summed E-state index contributed by atoms with van der Waals surface area (Å²) in [5, 5.41) is 0. The molecule has 0 spiro atoms. The summed E-state index contributed by atoms with van der Waals surface area (Å²) in [6.45, 7) is 0. The van der Waals surface area contributed by atoms with Gasteiger partial charge in [0.05, 0.1) is 11.1 Å². The first-order valence-electron chi connectivity index (χ1n) is 3.14. The zero-order chi connectivity index (χ0) is 7.84. The lowest BCUT2D eigenvalue weighted by Crippen LogP contribution is -1.96. The van der Waals surface area contributed by atoms with Crippen LogP contribution in [-0.4, -0.2) is 11.9 Å². The van der Waals surface area contributed by atoms with Gasteiger partial charge >= 0.3 is 11.9 Å². The smallest absolute Gasteiger partial charge is 0.346 e. The standard InChI is InChI=1S/C8H4O3/c9-7-5-3-1-2-4-6(5)8(10)11-7/h1-4H/i7+1. The van der Waals surface area contributed by atoms with E-state index < -0.39 is 11.9 Å². The van der Waals surface area contributed by atoms with Crippen LogP contribution in [0.15, 0.2) is 24.3 Å². The lowest BCUT2D eigenvalue weighted by Gasteiger charge is -1.86. The van der Waals surface area contributed by atoms with E-state index in [1.54, 1.807) is 24.3 Å². The molecule has 0 N–H and O–H groups in total. The molecule has 1 aliphatic rings. The molecule has 3 heteroatoms. The number of hydrogen-bond donors (Lipinski definition) is 0. The lowest BCUT2D eigenvalue weighted by atomic mass is 10.2. The molecule has 54 valence electrons. The Hall–Kier alpha value is -1.64. The Bertz CT molecular complexity index is 308. The Morgan fingerprint density at radius 2 is 1.36 bits per heavy atom. The summed E-state index contributed by atoms with van der Waals surface area (Å²) in [4.78, 5) is 21.7. The van der Waals surface area contributed by atoms with Gasteiger partial charge in [0, 0.05) is 0 Å². The number of cyclic esters (lactones) is 2. The zero-order valence-corrected chi connectivity index (χ0v) is 5.53. The number of esters is 2. The number of hydrogen-bond acceptors (Lipinski definition) is 3. The fourth-order valence-electron chi connectivity index (χ4n) is 1.03. The van der Waals surface area contributed by atoms with Crippen molar-refractivity contribution in [1.29, 1.82) is 0 Å². The van der Waals surface area contributed by atoms with Gasteiger partial charge in [0.25, 0.3) is 0 Å². The average Bonchev–Trinajstić information content (AvgIpc) is 2.30. The molecule has 11 heavy (non-hydrogen) atoms. The summed E-state index contributed by atoms with van der Waals surface area (Å²) in [6, 6.07) is 6.53. The molecule has 1 aromatic carbocycles. The van der Waals surface area contributed by atoms with Gasteiger partial charge < -0.3 is 4.74 Å². The molecule has 0 radical (unpaired) electrons. The van der Waals surface area contributed by atoms with Crippen molar-refractivity contribution in [3.8, 4) is 0 Å². The first kappa shape index (κ1) is 6.09. The minimum Gasteiger partial charge on any atom is -0.386 e. The Morgan fingerprint density at radius 3 is 1.82 bits per heavy atom. The van der Waals surface area contributed by atoms with Crippen molar-refractivity contribution in [2.24, 2.45) is 0 Å². The van der Waals surface area contributed by atoms with Crippen LogP contribution in [0.3, 0.4) is 0 Å². The number of benzene rings is 1. The molecule has 3 nitrogen and oxygen atoms in total. The quantitative estimate of drug-likeness (QED) is 0.314. The summed E-state index contributed by atoms with van der Waals surface area (Å²) >= 11 is 0. The summed E-state index contributed by atoms with van der Waals surface area (Å²) in [5.41, 5.74) is 0.718. The zero-order valence-electron chi connectivity index (χ0n) is 5.53. The Balaban J connectivity index is 2.69. The molecule has 0 amide bonds. The number of carbonyl (C=O) groups is 2. The first-order valence-corrected chi connectivity index (χ1v) is 3.14. The summed E-state index contributed by atoms with van der Waals surface area (Å²) in [7, 11) is 0. The number of carbonyl (C=O) groups excluding carboxylic acids is 2. The van der Waals surface area contributed by atoms with Gasteiger partial charge in [-0.3, -0.25) is 0 Å². The van der Waals surface area contributed by atoms with E-state index in [2.05, 4.69) is 4.74 Å². The Morgan fingerprint density at radius 1 is 0.909 bits per heavy atom. The van der Waals surface area contributed by atoms with Crippen molar-refractivity contribution in [1.82, 2.24) is 0 Å². The van der Waals surface area contributed by atoms with E-state index in [4.69, 9.17) is 0 Å². The maximum Gasteiger partial charge on any atom is 0.346 e. The molecule has 0 aromatic heterocycles. The van der Waals surface area contributed by atoms with Crippen LogP contribution < -0.4 is 0 Å². The molecular weight excluding hydrogens is 145 g/mol. The third-order valence-corrected chi connectivity index (χ3v) is 1.55. The van der Waals surface area contributed by atoms with Crippen LogP contribution in [0.4, 0.5) is 0 Å². The molecule has 0 unspecified atom stereocenters. The third-order valence-electron chi connectivity index (χ3n) is 1.55. The normalized spacial score (nSPS) is 14.5. The SMILES string of the molecule is O=C1O[13C](=O)c2ccccc21. The van der Waals surface area contributed by atoms with Crippen LogP contribution in [0.5, 0.6) is 0 Å². The van der Waals surface area contributed by atoms with Crippen molar-refractivity contribution < 1.29 is 14.3 Å². The molecule has 1 aliphatic heterocycles. The molecule has 2 rings (SSSR count). The van der Waals surface area contributed by atoms with Crippen molar-refractivity contribution in [2.75, 3.05) is 0 Å². The predicted octanol–water partition coefficient (Wildman–Crippen LogP) is 0.997. The highest BCUT2D eigenvalue weighted by Crippen LogP contribution is 2.18. The van der Waals surface area contributed by atoms with E-state index in [1.807, 2.05) is 0 Å². The van der Waals surface area contributed by atoms with Gasteiger partial charge in [-0.25, -0.2) is 9.59 Å². The van der Waals surface area contributed by atoms with E-state index in [0.717, 1.165) is 0 Å². The summed E-state index contributed by atoms with van der Waals surface area (Å²) in [6.07, 6.45) is 0. The Kier molecular flexibility index (Phi) is 1.06. The third kappa shape index (κ3) is 0.741. The topological polar surface area (TPSA) is 43.4 Å². The monoisotopic (exact) mass is 149 g/mol. The summed E-state index contributed by atoms with van der Waals surface area (Å²) < 4.78 is 4.35. The highest BCUT2D eigenvalue weighted by molar-refractivity contribution is 6.14. The van der Waals surface area contributed by atoms with Crippen LogP contribution in [0.1, 0.15) is 20.7 Å². The molecule has 0 atom stereocenters. The highest BCUT2D eigenvalue weighted by Gasteiger charge is 2.28. The largest absolute Gasteiger partial charge is 0.386 e. The molecular formula is C8H4O3. The van der Waals surface area contributed by atoms with Gasteiger partial charge in [0.2, 0.25) is 0 Å². The maximum absolute atomic E-state index is 10.8. The molecule has 1 heterocycles. The van der Waals surface area contributed by atoms with Gasteiger partial charge in [-0.1, -0.05) is 12.1 Å². The number of ether oxygens (including phenoxy) is 1. The number of fused-ring (bicyclic) bond motifs is 1. The van der Waals surface area contributed by atoms with Crippen molar-refractivity contribution in [3.63, 3.8) is 0 Å². The van der Waals surface area contributed by atoms with Crippen LogP contribution in [0.25, 0.3) is 0 Å². The van der Waals surface area contributed by atoms with Crippen LogP contribution >= 0.6 is 0 Å². The van der Waals surface area contributed by atoms with Gasteiger partial charge in [-0.2, -0.15) is 0 Å². The second-order valence-electron chi connectivity index (χ2n) is 2.22. The summed E-state index contributed by atoms with van der Waals surface area (Å²) in [5.74, 6) is -1.10. The van der Waals surface area contributed by atoms with Crippen molar-refractivity contribution >= 4 is 11.9 Å². The van der Waals surface area contributed by atoms with E-state index >= 15 is 0 Å². The average molecular weight is 149 g/mol. The van der Waals surface area contributed by atoms with Gasteiger partial charge in [0.1, 0.15) is 0 Å². The van der Waals surface area contributed by atoms with E-state index in [0.29, 0.717) is 11.1 Å². The van der Waals surface area contributed by atoms with Gasteiger partial charge in [-0.15, -0.1) is 0 Å². The molecule has 0 fully saturated rings. The molecule has 0 saturated carbocycles. The molecule has 0 bridgehead atoms. The maximum atomic E-state index is 10.8. The van der Waals surface area contributed by atoms with E-state index in [1.165, 1.54) is 0 Å². The predicted molar refractivity (Wildman–Crippen MR) is 36.2 cm³/mol. The van der Waals surface area contributed by atoms with Crippen LogP contribution in [0.2, 0.25) is 0 Å². The fourth-order valence-corrected chi connectivity index (χ4v) is 1.03. The van der Waals surface area contributed by atoms with Crippen molar-refractivity contribution in [2.45, 2.75) is 0 Å². The molecule has 1 aromatic rings. The van der Waals surface area contributed by atoms with Crippen LogP contribution in [0, 0.1) is 0 Å². The highest BCUT2D eigenvalue weighted by atomic mass is 16.7. The van der Waals surface area contributed by atoms with Crippen molar-refractivity contribution in [3.05, 3.63) is 35.4 Å². The van der Waals surface area contributed by atoms with Crippen LogP contribution in [-0.2, 0) is 4.74 Å². The van der Waals surface area contributed by atoms with Gasteiger partial charge in [-0.05, 0) is 12.1 Å². The molecule has 0 aliphatic carbocycles. The minimum atomic E-state index is -0.550. The van der Waals surface area contributed by atoms with E-state index in [-0.39, 0.29) is 0 Å². The minimum absolute atomic E-state index is 0.359. The second kappa shape index (κ2) is 1.92. The first-order chi connectivity index (χ1) is 5.29. The second-order valence-corrected chi connectivity index (χ2v) is 2.22. The number of rotatable bonds is 0. The van der Waals surface area contributed by atoms with Gasteiger partial charge in [0.15, 0.2) is 0 Å². The fraction of sp³-hybridized carbons (Fsp3) is 0.